The molecular formula is C13H11ClINO3. The van der Waals surface area contributed by atoms with Gasteiger partial charge < -0.3 is 9.52 Å². The number of aromatic carboxylic acids is 1. The van der Waals surface area contributed by atoms with Gasteiger partial charge in [-0.15, -0.1) is 0 Å². The summed E-state index contributed by atoms with van der Waals surface area (Å²) in [4.78, 5) is 15.4. The van der Waals surface area contributed by atoms with Crippen LogP contribution in [0.4, 0.5) is 0 Å². The van der Waals surface area contributed by atoms with Crippen molar-refractivity contribution in [2.45, 2.75) is 19.8 Å². The monoisotopic (exact) mass is 391 g/mol. The van der Waals surface area contributed by atoms with E-state index in [1.807, 2.05) is 13.0 Å². The van der Waals surface area contributed by atoms with Crippen LogP contribution in [0.15, 0.2) is 22.6 Å². The highest BCUT2D eigenvalue weighted by Crippen LogP contribution is 2.28. The molecule has 0 bridgehead atoms. The van der Waals surface area contributed by atoms with Gasteiger partial charge in [0.25, 0.3) is 0 Å². The standard InChI is InChI=1S/C13H11ClINO3/c1-2-3-10-11(13(17)18)19-12(16-10)7-4-5-9(15)8(14)6-7/h4-6H,2-3H2,1H3,(H,17,18). The molecule has 2 aromatic rings. The molecule has 0 spiro atoms. The number of benzene rings is 1. The van der Waals surface area contributed by atoms with Gasteiger partial charge >= 0.3 is 5.97 Å². The Labute approximate surface area is 128 Å². The van der Waals surface area contributed by atoms with Gasteiger partial charge in [-0.3, -0.25) is 0 Å². The molecule has 100 valence electrons. The van der Waals surface area contributed by atoms with E-state index in [0.717, 1.165) is 9.99 Å². The lowest BCUT2D eigenvalue weighted by atomic mass is 10.2. The van der Waals surface area contributed by atoms with Gasteiger partial charge in [0.2, 0.25) is 11.7 Å². The van der Waals surface area contributed by atoms with Crippen molar-refractivity contribution in [1.29, 1.82) is 0 Å². The van der Waals surface area contributed by atoms with Crippen LogP contribution in [0, 0.1) is 3.57 Å². The molecule has 0 radical (unpaired) electrons. The average Bonchev–Trinajstić information content (AvgIpc) is 2.77. The third-order valence-corrected chi connectivity index (χ3v) is 4.12. The molecule has 4 nitrogen and oxygen atoms in total. The van der Waals surface area contributed by atoms with Crippen molar-refractivity contribution in [2.75, 3.05) is 0 Å². The first-order valence-corrected chi connectivity index (χ1v) is 7.17. The molecule has 2 rings (SSSR count). The Morgan fingerprint density at radius 3 is 2.84 bits per heavy atom. The summed E-state index contributed by atoms with van der Waals surface area (Å²) in [5.74, 6) is -0.899. The molecule has 0 saturated carbocycles. The maximum atomic E-state index is 11.1. The lowest BCUT2D eigenvalue weighted by Gasteiger charge is -1.98. The first-order valence-electron chi connectivity index (χ1n) is 5.71. The van der Waals surface area contributed by atoms with Crippen LogP contribution in [-0.4, -0.2) is 16.1 Å². The van der Waals surface area contributed by atoms with Gasteiger partial charge in [0, 0.05) is 9.13 Å². The molecule has 1 aromatic heterocycles. The van der Waals surface area contributed by atoms with Crippen LogP contribution < -0.4 is 0 Å². The maximum absolute atomic E-state index is 11.1. The van der Waals surface area contributed by atoms with Gasteiger partial charge in [-0.1, -0.05) is 24.9 Å². The van der Waals surface area contributed by atoms with E-state index in [0.29, 0.717) is 28.6 Å². The molecule has 0 atom stereocenters. The Morgan fingerprint density at radius 1 is 1.53 bits per heavy atom. The number of carboxylic acid groups (broad SMARTS) is 1. The minimum atomic E-state index is -1.10. The van der Waals surface area contributed by atoms with E-state index < -0.39 is 5.97 Å². The number of aryl methyl sites for hydroxylation is 1. The summed E-state index contributed by atoms with van der Waals surface area (Å²) in [5.41, 5.74) is 1.15. The van der Waals surface area contributed by atoms with Crippen molar-refractivity contribution >= 4 is 40.2 Å². The Bertz CT molecular complexity index is 624. The topological polar surface area (TPSA) is 63.3 Å². The van der Waals surface area contributed by atoms with Gasteiger partial charge in [-0.2, -0.15) is 0 Å². The third kappa shape index (κ3) is 3.09. The van der Waals surface area contributed by atoms with E-state index in [1.165, 1.54) is 0 Å². The van der Waals surface area contributed by atoms with Gasteiger partial charge in [0.15, 0.2) is 0 Å². The number of halogens is 2. The fourth-order valence-corrected chi connectivity index (χ4v) is 2.19. The van der Waals surface area contributed by atoms with Crippen LogP contribution in [0.2, 0.25) is 5.02 Å². The molecule has 0 aliphatic rings. The smallest absolute Gasteiger partial charge is 0.373 e. The third-order valence-electron chi connectivity index (χ3n) is 2.54. The van der Waals surface area contributed by atoms with Gasteiger partial charge in [0.05, 0.1) is 10.7 Å². The van der Waals surface area contributed by atoms with E-state index in [2.05, 4.69) is 27.6 Å². The SMILES string of the molecule is CCCc1nc(-c2ccc(I)c(Cl)c2)oc1C(=O)O. The lowest BCUT2D eigenvalue weighted by Crippen LogP contribution is -1.99. The van der Waals surface area contributed by atoms with E-state index in [1.54, 1.807) is 12.1 Å². The molecule has 19 heavy (non-hydrogen) atoms. The van der Waals surface area contributed by atoms with Crippen LogP contribution in [0.25, 0.3) is 11.5 Å². The number of hydrogen-bond donors (Lipinski definition) is 1. The molecule has 0 amide bonds. The van der Waals surface area contributed by atoms with Crippen LogP contribution >= 0.6 is 34.2 Å². The highest BCUT2D eigenvalue weighted by molar-refractivity contribution is 14.1. The highest BCUT2D eigenvalue weighted by atomic mass is 127. The fourth-order valence-electron chi connectivity index (χ4n) is 1.68. The van der Waals surface area contributed by atoms with Crippen LogP contribution in [0.1, 0.15) is 29.6 Å². The molecule has 1 aromatic carbocycles. The largest absolute Gasteiger partial charge is 0.475 e. The zero-order valence-electron chi connectivity index (χ0n) is 10.1. The number of oxazole rings is 1. The molecule has 1 heterocycles. The highest BCUT2D eigenvalue weighted by Gasteiger charge is 2.19. The summed E-state index contributed by atoms with van der Waals surface area (Å²) in [6.07, 6.45) is 1.38. The zero-order chi connectivity index (χ0) is 14.0. The lowest BCUT2D eigenvalue weighted by molar-refractivity contribution is 0.0661. The molecule has 1 N–H and O–H groups in total. The molecule has 0 saturated heterocycles. The van der Waals surface area contributed by atoms with Crippen LogP contribution in [0.5, 0.6) is 0 Å². The number of aromatic nitrogens is 1. The Balaban J connectivity index is 2.47. The molecule has 0 unspecified atom stereocenters. The molecule has 0 aliphatic heterocycles. The minimum Gasteiger partial charge on any atom is -0.475 e. The molecule has 6 heteroatoms. The summed E-state index contributed by atoms with van der Waals surface area (Å²) < 4.78 is 6.26. The van der Waals surface area contributed by atoms with E-state index in [9.17, 15) is 4.79 Å². The summed E-state index contributed by atoms with van der Waals surface area (Å²) >= 11 is 8.16. The zero-order valence-corrected chi connectivity index (χ0v) is 13.0. The second-order valence-corrected chi connectivity index (χ2v) is 5.55. The molecule has 0 fully saturated rings. The average molecular weight is 392 g/mol. The van der Waals surface area contributed by atoms with Crippen molar-refractivity contribution in [2.24, 2.45) is 0 Å². The van der Waals surface area contributed by atoms with Gasteiger partial charge in [-0.05, 0) is 47.2 Å². The second kappa shape index (κ2) is 5.92. The Kier molecular flexibility index (Phi) is 4.46. The van der Waals surface area contributed by atoms with Crippen molar-refractivity contribution < 1.29 is 14.3 Å². The van der Waals surface area contributed by atoms with Crippen LogP contribution in [-0.2, 0) is 6.42 Å². The van der Waals surface area contributed by atoms with E-state index in [-0.39, 0.29) is 5.76 Å². The normalized spacial score (nSPS) is 10.7. The minimum absolute atomic E-state index is 0.0912. The van der Waals surface area contributed by atoms with Crippen molar-refractivity contribution in [3.8, 4) is 11.5 Å². The molecule has 0 aliphatic carbocycles. The van der Waals surface area contributed by atoms with Crippen LogP contribution in [0.3, 0.4) is 0 Å². The Hall–Kier alpha value is -1.08. The second-order valence-electron chi connectivity index (χ2n) is 3.98. The Morgan fingerprint density at radius 2 is 2.26 bits per heavy atom. The quantitative estimate of drug-likeness (QED) is 0.792. The predicted molar refractivity (Wildman–Crippen MR) is 80.6 cm³/mol. The first kappa shape index (κ1) is 14.3. The number of nitrogens with zero attached hydrogens (tertiary/aromatic N) is 1. The van der Waals surface area contributed by atoms with Gasteiger partial charge in [-0.25, -0.2) is 9.78 Å². The summed E-state index contributed by atoms with van der Waals surface area (Å²) in [5, 5.41) is 9.68. The summed E-state index contributed by atoms with van der Waals surface area (Å²) in [6, 6.07) is 5.36. The number of hydrogen-bond acceptors (Lipinski definition) is 3. The van der Waals surface area contributed by atoms with Crippen molar-refractivity contribution in [3.63, 3.8) is 0 Å². The van der Waals surface area contributed by atoms with Crippen molar-refractivity contribution in [3.05, 3.63) is 38.2 Å². The van der Waals surface area contributed by atoms with Crippen molar-refractivity contribution in [1.82, 2.24) is 4.98 Å². The first-order chi connectivity index (χ1) is 9.02. The summed E-state index contributed by atoms with van der Waals surface area (Å²) in [7, 11) is 0. The molecular weight excluding hydrogens is 381 g/mol. The number of rotatable bonds is 4. The van der Waals surface area contributed by atoms with Gasteiger partial charge in [0.1, 0.15) is 0 Å². The maximum Gasteiger partial charge on any atom is 0.373 e. The number of carbonyl (C=O) groups is 1. The predicted octanol–water partition coefficient (Wildman–Crippen LogP) is 4.25. The number of carboxylic acids is 1. The van der Waals surface area contributed by atoms with E-state index >= 15 is 0 Å². The summed E-state index contributed by atoms with van der Waals surface area (Å²) in [6.45, 7) is 1.96. The van der Waals surface area contributed by atoms with E-state index in [4.69, 9.17) is 21.1 Å². The fraction of sp³-hybridized carbons (Fsp3) is 0.231.